The van der Waals surface area contributed by atoms with Gasteiger partial charge in [-0.2, -0.15) is 0 Å². The van der Waals surface area contributed by atoms with E-state index in [4.69, 9.17) is 15.2 Å². The highest BCUT2D eigenvalue weighted by molar-refractivity contribution is 5.17. The molecule has 1 aromatic heterocycles. The molecule has 1 atom stereocenters. The van der Waals surface area contributed by atoms with Crippen LogP contribution in [0, 0.1) is 0 Å². The Morgan fingerprint density at radius 2 is 2.50 bits per heavy atom. The van der Waals surface area contributed by atoms with Crippen LogP contribution in [-0.4, -0.2) is 24.3 Å². The van der Waals surface area contributed by atoms with E-state index in [0.29, 0.717) is 19.0 Å². The molecule has 1 aliphatic heterocycles. The van der Waals surface area contributed by atoms with E-state index in [9.17, 15) is 0 Å². The summed E-state index contributed by atoms with van der Waals surface area (Å²) in [5.41, 5.74) is 6.48. The Bertz CT molecular complexity index is 281. The Morgan fingerprint density at radius 1 is 1.57 bits per heavy atom. The van der Waals surface area contributed by atoms with Crippen LogP contribution < -0.4 is 10.5 Å². The lowest BCUT2D eigenvalue weighted by Crippen LogP contribution is -2.16. The first-order valence-corrected chi connectivity index (χ1v) is 4.78. The molecule has 0 bridgehead atoms. The Balaban J connectivity index is 1.95. The van der Waals surface area contributed by atoms with E-state index in [-0.39, 0.29) is 6.10 Å². The first-order valence-electron chi connectivity index (χ1n) is 4.78. The molecule has 14 heavy (non-hydrogen) atoms. The van der Waals surface area contributed by atoms with Gasteiger partial charge < -0.3 is 15.2 Å². The minimum atomic E-state index is 0.159. The van der Waals surface area contributed by atoms with E-state index in [1.54, 1.807) is 6.20 Å². The van der Waals surface area contributed by atoms with E-state index in [0.717, 1.165) is 18.6 Å². The van der Waals surface area contributed by atoms with Crippen molar-refractivity contribution >= 4 is 0 Å². The number of aromatic nitrogens is 1. The Kier molecular flexibility index (Phi) is 2.96. The summed E-state index contributed by atoms with van der Waals surface area (Å²) in [7, 11) is 0. The second-order valence-corrected chi connectivity index (χ2v) is 3.31. The van der Waals surface area contributed by atoms with Crippen LogP contribution in [0.5, 0.6) is 5.88 Å². The SMILES string of the molecule is NCc1ccc(OC2CCOC2)nc1. The van der Waals surface area contributed by atoms with Crippen molar-refractivity contribution in [3.63, 3.8) is 0 Å². The van der Waals surface area contributed by atoms with Gasteiger partial charge in [-0.3, -0.25) is 0 Å². The molecular weight excluding hydrogens is 180 g/mol. The number of nitrogens with zero attached hydrogens (tertiary/aromatic N) is 1. The van der Waals surface area contributed by atoms with Crippen LogP contribution in [0.3, 0.4) is 0 Å². The Hall–Kier alpha value is -1.13. The second kappa shape index (κ2) is 4.39. The zero-order chi connectivity index (χ0) is 9.80. The normalized spacial score (nSPS) is 21.1. The minimum Gasteiger partial charge on any atom is -0.472 e. The molecule has 2 heterocycles. The molecule has 2 rings (SSSR count). The van der Waals surface area contributed by atoms with Crippen molar-refractivity contribution in [2.24, 2.45) is 5.73 Å². The highest BCUT2D eigenvalue weighted by Crippen LogP contribution is 2.14. The second-order valence-electron chi connectivity index (χ2n) is 3.31. The molecule has 76 valence electrons. The lowest BCUT2D eigenvalue weighted by molar-refractivity contribution is 0.138. The van der Waals surface area contributed by atoms with Crippen LogP contribution in [0.1, 0.15) is 12.0 Å². The summed E-state index contributed by atoms with van der Waals surface area (Å²) >= 11 is 0. The summed E-state index contributed by atoms with van der Waals surface area (Å²) in [6.07, 6.45) is 2.84. The average molecular weight is 194 g/mol. The molecule has 1 fully saturated rings. The van der Waals surface area contributed by atoms with Crippen molar-refractivity contribution in [2.75, 3.05) is 13.2 Å². The molecule has 0 aromatic carbocycles. The zero-order valence-corrected chi connectivity index (χ0v) is 7.98. The van der Waals surface area contributed by atoms with E-state index < -0.39 is 0 Å². The molecular formula is C10H14N2O2. The molecule has 0 amide bonds. The van der Waals surface area contributed by atoms with E-state index in [1.807, 2.05) is 12.1 Å². The van der Waals surface area contributed by atoms with E-state index in [2.05, 4.69) is 4.98 Å². The van der Waals surface area contributed by atoms with Crippen molar-refractivity contribution < 1.29 is 9.47 Å². The maximum absolute atomic E-state index is 5.60. The van der Waals surface area contributed by atoms with Gasteiger partial charge in [0.15, 0.2) is 0 Å². The monoisotopic (exact) mass is 194 g/mol. The summed E-state index contributed by atoms with van der Waals surface area (Å²) in [4.78, 5) is 4.16. The fourth-order valence-corrected chi connectivity index (χ4v) is 1.38. The molecule has 1 unspecified atom stereocenters. The molecule has 1 saturated heterocycles. The van der Waals surface area contributed by atoms with Gasteiger partial charge in [0.1, 0.15) is 6.10 Å². The number of ether oxygens (including phenoxy) is 2. The van der Waals surface area contributed by atoms with Gasteiger partial charge in [0, 0.05) is 25.2 Å². The summed E-state index contributed by atoms with van der Waals surface area (Å²) in [5, 5.41) is 0. The van der Waals surface area contributed by atoms with E-state index in [1.165, 1.54) is 0 Å². The highest BCUT2D eigenvalue weighted by atomic mass is 16.5. The molecule has 2 N–H and O–H groups in total. The number of hydrogen-bond donors (Lipinski definition) is 1. The van der Waals surface area contributed by atoms with Crippen molar-refractivity contribution in [1.82, 2.24) is 4.98 Å². The average Bonchev–Trinajstić information content (AvgIpc) is 2.72. The lowest BCUT2D eigenvalue weighted by atomic mass is 10.3. The molecule has 4 nitrogen and oxygen atoms in total. The maximum Gasteiger partial charge on any atom is 0.213 e. The number of hydrogen-bond acceptors (Lipinski definition) is 4. The molecule has 1 aliphatic rings. The van der Waals surface area contributed by atoms with Crippen LogP contribution in [0.25, 0.3) is 0 Å². The van der Waals surface area contributed by atoms with Crippen LogP contribution in [0.15, 0.2) is 18.3 Å². The van der Waals surface area contributed by atoms with Gasteiger partial charge in [0.05, 0.1) is 13.2 Å². The predicted molar refractivity (Wildman–Crippen MR) is 52.0 cm³/mol. The summed E-state index contributed by atoms with van der Waals surface area (Å²) in [6, 6.07) is 3.78. The van der Waals surface area contributed by atoms with Crippen LogP contribution in [0.2, 0.25) is 0 Å². The molecule has 4 heteroatoms. The maximum atomic E-state index is 5.60. The molecule has 0 radical (unpaired) electrons. The third-order valence-corrected chi connectivity index (χ3v) is 2.21. The number of rotatable bonds is 3. The van der Waals surface area contributed by atoms with Gasteiger partial charge in [-0.05, 0) is 5.56 Å². The summed E-state index contributed by atoms with van der Waals surface area (Å²) < 4.78 is 10.8. The van der Waals surface area contributed by atoms with Gasteiger partial charge in [-0.25, -0.2) is 4.98 Å². The van der Waals surface area contributed by atoms with Gasteiger partial charge >= 0.3 is 0 Å². The quantitative estimate of drug-likeness (QED) is 0.769. The Morgan fingerprint density at radius 3 is 3.07 bits per heavy atom. The van der Waals surface area contributed by atoms with Crippen molar-refractivity contribution in [3.8, 4) is 5.88 Å². The Labute approximate surface area is 83.0 Å². The molecule has 0 spiro atoms. The third-order valence-electron chi connectivity index (χ3n) is 2.21. The molecule has 0 aliphatic carbocycles. The van der Waals surface area contributed by atoms with Crippen LogP contribution >= 0.6 is 0 Å². The first-order chi connectivity index (χ1) is 6.88. The van der Waals surface area contributed by atoms with Crippen LogP contribution in [-0.2, 0) is 11.3 Å². The highest BCUT2D eigenvalue weighted by Gasteiger charge is 2.17. The van der Waals surface area contributed by atoms with Gasteiger partial charge in [-0.1, -0.05) is 6.07 Å². The third kappa shape index (κ3) is 2.21. The smallest absolute Gasteiger partial charge is 0.213 e. The van der Waals surface area contributed by atoms with Gasteiger partial charge in [-0.15, -0.1) is 0 Å². The van der Waals surface area contributed by atoms with Crippen molar-refractivity contribution in [1.29, 1.82) is 0 Å². The van der Waals surface area contributed by atoms with Gasteiger partial charge in [0.25, 0.3) is 0 Å². The first kappa shape index (κ1) is 9.43. The standard InChI is InChI=1S/C10H14N2O2/c11-5-8-1-2-10(12-6-8)14-9-3-4-13-7-9/h1-2,6,9H,3-5,7,11H2. The summed E-state index contributed by atoms with van der Waals surface area (Å²) in [5.74, 6) is 0.651. The fourth-order valence-electron chi connectivity index (χ4n) is 1.38. The topological polar surface area (TPSA) is 57.4 Å². The van der Waals surface area contributed by atoms with Crippen molar-refractivity contribution in [3.05, 3.63) is 23.9 Å². The zero-order valence-electron chi connectivity index (χ0n) is 7.98. The van der Waals surface area contributed by atoms with Crippen molar-refractivity contribution in [2.45, 2.75) is 19.1 Å². The predicted octanol–water partition coefficient (Wildman–Crippen LogP) is 0.708. The van der Waals surface area contributed by atoms with E-state index >= 15 is 0 Å². The van der Waals surface area contributed by atoms with Crippen LogP contribution in [0.4, 0.5) is 0 Å². The lowest BCUT2D eigenvalue weighted by Gasteiger charge is -2.10. The molecule has 1 aromatic rings. The fraction of sp³-hybridized carbons (Fsp3) is 0.500. The largest absolute Gasteiger partial charge is 0.472 e. The number of pyridine rings is 1. The van der Waals surface area contributed by atoms with Gasteiger partial charge in [0.2, 0.25) is 5.88 Å². The molecule has 0 saturated carbocycles. The summed E-state index contributed by atoms with van der Waals surface area (Å²) in [6.45, 7) is 1.96. The minimum absolute atomic E-state index is 0.159. The number of nitrogens with two attached hydrogens (primary N) is 1.